The number of non-ortho nitro benzene ring substituents is 1. The van der Waals surface area contributed by atoms with Crippen LogP contribution in [-0.4, -0.2) is 36.0 Å². The van der Waals surface area contributed by atoms with Crippen molar-refractivity contribution in [1.82, 2.24) is 4.90 Å². The molecule has 5 nitrogen and oxygen atoms in total. The maximum absolute atomic E-state index is 10.7. The minimum atomic E-state index is -0.352. The van der Waals surface area contributed by atoms with Crippen LogP contribution in [0.3, 0.4) is 0 Å². The van der Waals surface area contributed by atoms with Crippen LogP contribution in [0.1, 0.15) is 18.9 Å². The SMILES string of the molecule is Cc1cc([N+](=O)[O-])ccc1NC1CCN(C)CC1C. The van der Waals surface area contributed by atoms with Crippen molar-refractivity contribution in [2.45, 2.75) is 26.3 Å². The Morgan fingerprint density at radius 3 is 2.79 bits per heavy atom. The third kappa shape index (κ3) is 3.23. The molecule has 0 amide bonds. The second-order valence-electron chi connectivity index (χ2n) is 5.54. The fourth-order valence-electron chi connectivity index (χ4n) is 2.69. The number of likely N-dealkylation sites (tertiary alicyclic amines) is 1. The lowest BCUT2D eigenvalue weighted by Crippen LogP contribution is -2.43. The number of hydrogen-bond donors (Lipinski definition) is 1. The van der Waals surface area contributed by atoms with E-state index in [0.717, 1.165) is 30.8 Å². The fraction of sp³-hybridized carbons (Fsp3) is 0.571. The number of hydrogen-bond acceptors (Lipinski definition) is 4. The highest BCUT2D eigenvalue weighted by molar-refractivity contribution is 5.56. The van der Waals surface area contributed by atoms with E-state index in [1.807, 2.05) is 13.0 Å². The molecule has 0 aliphatic carbocycles. The number of anilines is 1. The number of aryl methyl sites for hydroxylation is 1. The molecule has 104 valence electrons. The second-order valence-corrected chi connectivity index (χ2v) is 5.54. The topological polar surface area (TPSA) is 58.4 Å². The van der Waals surface area contributed by atoms with Gasteiger partial charge in [-0.05, 0) is 44.5 Å². The molecular weight excluding hydrogens is 242 g/mol. The maximum Gasteiger partial charge on any atom is 0.269 e. The molecule has 1 fully saturated rings. The molecular formula is C14H21N3O2. The Morgan fingerprint density at radius 2 is 2.21 bits per heavy atom. The molecule has 1 aromatic carbocycles. The highest BCUT2D eigenvalue weighted by Crippen LogP contribution is 2.25. The first kappa shape index (κ1) is 13.8. The van der Waals surface area contributed by atoms with Crippen molar-refractivity contribution in [3.63, 3.8) is 0 Å². The summed E-state index contributed by atoms with van der Waals surface area (Å²) >= 11 is 0. The first-order chi connectivity index (χ1) is 8.97. The molecule has 5 heteroatoms. The third-order valence-corrected chi connectivity index (χ3v) is 3.87. The minimum Gasteiger partial charge on any atom is -0.382 e. The summed E-state index contributed by atoms with van der Waals surface area (Å²) in [5.74, 6) is 0.577. The predicted molar refractivity (Wildman–Crippen MR) is 76.5 cm³/mol. The number of nitrogens with one attached hydrogen (secondary N) is 1. The highest BCUT2D eigenvalue weighted by atomic mass is 16.6. The normalized spacial score (nSPS) is 24.2. The van der Waals surface area contributed by atoms with Crippen molar-refractivity contribution in [2.24, 2.45) is 5.92 Å². The highest BCUT2D eigenvalue weighted by Gasteiger charge is 2.24. The molecule has 1 saturated heterocycles. The summed E-state index contributed by atoms with van der Waals surface area (Å²) in [5.41, 5.74) is 2.09. The largest absolute Gasteiger partial charge is 0.382 e. The Morgan fingerprint density at radius 1 is 1.47 bits per heavy atom. The lowest BCUT2D eigenvalue weighted by atomic mass is 9.93. The van der Waals surface area contributed by atoms with Gasteiger partial charge in [0.2, 0.25) is 0 Å². The molecule has 0 bridgehead atoms. The Kier molecular flexibility index (Phi) is 4.04. The Hall–Kier alpha value is -1.62. The van der Waals surface area contributed by atoms with Crippen LogP contribution >= 0.6 is 0 Å². The summed E-state index contributed by atoms with van der Waals surface area (Å²) in [5, 5.41) is 14.3. The zero-order valence-corrected chi connectivity index (χ0v) is 11.7. The lowest BCUT2D eigenvalue weighted by molar-refractivity contribution is -0.384. The molecule has 0 aromatic heterocycles. The molecule has 2 unspecified atom stereocenters. The lowest BCUT2D eigenvalue weighted by Gasteiger charge is -2.36. The quantitative estimate of drug-likeness (QED) is 0.673. The zero-order chi connectivity index (χ0) is 14.0. The van der Waals surface area contributed by atoms with E-state index in [2.05, 4.69) is 24.2 Å². The van der Waals surface area contributed by atoms with Crippen molar-refractivity contribution in [2.75, 3.05) is 25.5 Å². The van der Waals surface area contributed by atoms with Crippen molar-refractivity contribution in [1.29, 1.82) is 0 Å². The molecule has 1 aromatic rings. The van der Waals surface area contributed by atoms with Crippen molar-refractivity contribution in [3.8, 4) is 0 Å². The van der Waals surface area contributed by atoms with E-state index in [1.165, 1.54) is 0 Å². The van der Waals surface area contributed by atoms with Crippen LogP contribution in [0.25, 0.3) is 0 Å². The van der Waals surface area contributed by atoms with Gasteiger partial charge in [0.25, 0.3) is 5.69 Å². The van der Waals surface area contributed by atoms with Crippen LogP contribution < -0.4 is 5.32 Å². The average molecular weight is 263 g/mol. The molecule has 1 N–H and O–H groups in total. The molecule has 2 atom stereocenters. The summed E-state index contributed by atoms with van der Waals surface area (Å²) in [6, 6.07) is 5.45. The first-order valence-electron chi connectivity index (χ1n) is 6.67. The summed E-state index contributed by atoms with van der Waals surface area (Å²) in [4.78, 5) is 12.7. The van der Waals surface area contributed by atoms with Crippen LogP contribution in [0.5, 0.6) is 0 Å². The van der Waals surface area contributed by atoms with Crippen LogP contribution in [0.4, 0.5) is 11.4 Å². The van der Waals surface area contributed by atoms with Gasteiger partial charge >= 0.3 is 0 Å². The molecule has 1 heterocycles. The van der Waals surface area contributed by atoms with E-state index >= 15 is 0 Å². The number of nitrogens with zero attached hydrogens (tertiary/aromatic N) is 2. The fourth-order valence-corrected chi connectivity index (χ4v) is 2.69. The molecule has 2 rings (SSSR count). The van der Waals surface area contributed by atoms with Gasteiger partial charge in [-0.1, -0.05) is 6.92 Å². The van der Waals surface area contributed by atoms with Crippen molar-refractivity contribution < 1.29 is 4.92 Å². The van der Waals surface area contributed by atoms with Gasteiger partial charge in [-0.2, -0.15) is 0 Å². The molecule has 0 saturated carbocycles. The predicted octanol–water partition coefficient (Wildman–Crippen LogP) is 2.66. The first-order valence-corrected chi connectivity index (χ1v) is 6.67. The van der Waals surface area contributed by atoms with E-state index in [1.54, 1.807) is 12.1 Å². The third-order valence-electron chi connectivity index (χ3n) is 3.87. The minimum absolute atomic E-state index is 0.152. The summed E-state index contributed by atoms with van der Waals surface area (Å²) < 4.78 is 0. The van der Waals surface area contributed by atoms with Crippen molar-refractivity contribution in [3.05, 3.63) is 33.9 Å². The molecule has 0 spiro atoms. The van der Waals surface area contributed by atoms with Crippen molar-refractivity contribution >= 4 is 11.4 Å². The Bertz CT molecular complexity index is 476. The molecule has 1 aliphatic heterocycles. The van der Waals surface area contributed by atoms with Gasteiger partial charge in [0, 0.05) is 30.4 Å². The van der Waals surface area contributed by atoms with Gasteiger partial charge in [0.05, 0.1) is 4.92 Å². The van der Waals surface area contributed by atoms with Gasteiger partial charge < -0.3 is 10.2 Å². The monoisotopic (exact) mass is 263 g/mol. The second kappa shape index (κ2) is 5.57. The van der Waals surface area contributed by atoms with E-state index in [-0.39, 0.29) is 10.6 Å². The summed E-state index contributed by atoms with van der Waals surface area (Å²) in [6.45, 7) is 6.33. The van der Waals surface area contributed by atoms with E-state index in [4.69, 9.17) is 0 Å². The summed E-state index contributed by atoms with van der Waals surface area (Å²) in [7, 11) is 2.14. The van der Waals surface area contributed by atoms with Gasteiger partial charge in [-0.3, -0.25) is 10.1 Å². The summed E-state index contributed by atoms with van der Waals surface area (Å²) in [6.07, 6.45) is 1.11. The van der Waals surface area contributed by atoms with Crippen LogP contribution in [0.15, 0.2) is 18.2 Å². The van der Waals surface area contributed by atoms with E-state index < -0.39 is 0 Å². The van der Waals surface area contributed by atoms with E-state index in [9.17, 15) is 10.1 Å². The van der Waals surface area contributed by atoms with Gasteiger partial charge in [-0.25, -0.2) is 0 Å². The van der Waals surface area contributed by atoms with Gasteiger partial charge in [0.1, 0.15) is 0 Å². The zero-order valence-electron chi connectivity index (χ0n) is 11.7. The average Bonchev–Trinajstić information content (AvgIpc) is 2.34. The van der Waals surface area contributed by atoms with Crippen LogP contribution in [0.2, 0.25) is 0 Å². The number of nitro benzene ring substituents is 1. The molecule has 19 heavy (non-hydrogen) atoms. The maximum atomic E-state index is 10.7. The number of rotatable bonds is 3. The molecule has 1 aliphatic rings. The van der Waals surface area contributed by atoms with Crippen LogP contribution in [-0.2, 0) is 0 Å². The number of benzene rings is 1. The standard InChI is InChI=1S/C14H21N3O2/c1-10-8-12(17(18)19)4-5-13(10)15-14-6-7-16(3)9-11(14)2/h4-5,8,11,14-15H,6-7,9H2,1-3H3. The van der Waals surface area contributed by atoms with Gasteiger partial charge in [-0.15, -0.1) is 0 Å². The number of piperidine rings is 1. The smallest absolute Gasteiger partial charge is 0.269 e. The van der Waals surface area contributed by atoms with E-state index in [0.29, 0.717) is 12.0 Å². The van der Waals surface area contributed by atoms with Crippen LogP contribution in [0, 0.1) is 23.0 Å². The number of nitro groups is 1. The molecule has 0 radical (unpaired) electrons. The Labute approximate surface area is 113 Å². The van der Waals surface area contributed by atoms with Gasteiger partial charge in [0.15, 0.2) is 0 Å². The Balaban J connectivity index is 2.09.